The molecule has 25 heavy (non-hydrogen) atoms. The summed E-state index contributed by atoms with van der Waals surface area (Å²) >= 11 is 0. The van der Waals surface area contributed by atoms with Crippen molar-refractivity contribution in [3.05, 3.63) is 0 Å². The minimum atomic E-state index is -1.72. The molecule has 0 amide bonds. The average molecular weight is 422 g/mol. The topological polar surface area (TPSA) is 27.7 Å². The zero-order chi connectivity index (χ0) is 19.6. The molecule has 0 atom stereocenters. The van der Waals surface area contributed by atoms with Crippen molar-refractivity contribution in [1.82, 2.24) is 0 Å². The summed E-state index contributed by atoms with van der Waals surface area (Å²) in [6, 6.07) is 10.5. The van der Waals surface area contributed by atoms with Gasteiger partial charge in [0.2, 0.25) is 0 Å². The van der Waals surface area contributed by atoms with Gasteiger partial charge in [0.25, 0.3) is 0 Å². The second-order valence-electron chi connectivity index (χ2n) is 7.29. The summed E-state index contributed by atoms with van der Waals surface area (Å²) in [5, 5.41) is 0. The van der Waals surface area contributed by atoms with Gasteiger partial charge in [-0.3, -0.25) is 0 Å². The molecule has 3 nitrogen and oxygen atoms in total. The third-order valence-electron chi connectivity index (χ3n) is 6.70. The maximum Gasteiger partial charge on any atom is 0.544 e. The molecule has 0 aliphatic rings. The van der Waals surface area contributed by atoms with E-state index in [4.69, 9.17) is 12.3 Å². The summed E-state index contributed by atoms with van der Waals surface area (Å²) in [5.74, 6) is 0. The Morgan fingerprint density at radius 1 is 0.400 bits per heavy atom. The van der Waals surface area contributed by atoms with E-state index >= 15 is 0 Å². The van der Waals surface area contributed by atoms with E-state index in [1.54, 1.807) is 0 Å². The van der Waals surface area contributed by atoms with Crippen LogP contribution in [-0.4, -0.2) is 34.5 Å². The first-order valence-electron chi connectivity index (χ1n) is 10.8. The summed E-state index contributed by atoms with van der Waals surface area (Å²) < 4.78 is 20.6. The standard InChI is InChI=1S/C18H45O3Si4/c1-10-23(11-2,12-3)19-22(20-24(13-4,14-5)15-6)21-25(16-7,17-8)18-9/h10-18H2,1-9H3. The van der Waals surface area contributed by atoms with Crippen molar-refractivity contribution >= 4 is 34.5 Å². The minimum absolute atomic E-state index is 1.17. The molecule has 0 spiro atoms. The molecule has 1 radical (unpaired) electrons. The van der Waals surface area contributed by atoms with Crippen molar-refractivity contribution in [2.24, 2.45) is 0 Å². The molecule has 0 aromatic heterocycles. The number of hydrogen-bond acceptors (Lipinski definition) is 3. The lowest BCUT2D eigenvalue weighted by Crippen LogP contribution is -2.55. The summed E-state index contributed by atoms with van der Waals surface area (Å²) in [4.78, 5) is 0. The molecule has 0 aromatic carbocycles. The van der Waals surface area contributed by atoms with E-state index in [2.05, 4.69) is 62.3 Å². The van der Waals surface area contributed by atoms with Gasteiger partial charge < -0.3 is 12.3 Å². The molecule has 0 rings (SSSR count). The molecule has 0 saturated carbocycles. The zero-order valence-corrected chi connectivity index (χ0v) is 22.6. The Balaban J connectivity index is 5.64. The van der Waals surface area contributed by atoms with Crippen molar-refractivity contribution in [2.45, 2.75) is 117 Å². The van der Waals surface area contributed by atoms with Gasteiger partial charge in [0.1, 0.15) is 0 Å². The fourth-order valence-electron chi connectivity index (χ4n) is 3.49. The van der Waals surface area contributed by atoms with Crippen molar-refractivity contribution in [3.63, 3.8) is 0 Å². The molecule has 0 N–H and O–H groups in total. The van der Waals surface area contributed by atoms with E-state index < -0.39 is 34.5 Å². The summed E-state index contributed by atoms with van der Waals surface area (Å²) in [6.45, 7) is 20.7. The smallest absolute Gasteiger partial charge is 0.414 e. The fraction of sp³-hybridized carbons (Fsp3) is 1.00. The summed E-state index contributed by atoms with van der Waals surface area (Å²) in [7, 11) is -6.79. The molecule has 0 fully saturated rings. The monoisotopic (exact) mass is 421 g/mol. The van der Waals surface area contributed by atoms with Crippen molar-refractivity contribution in [2.75, 3.05) is 0 Å². The Hall–Kier alpha value is 0.748. The molecule has 151 valence electrons. The molecule has 0 unspecified atom stereocenters. The molecule has 0 heterocycles. The molecule has 7 heteroatoms. The first kappa shape index (κ1) is 25.7. The van der Waals surface area contributed by atoms with Crippen LogP contribution in [0.2, 0.25) is 54.4 Å². The predicted molar refractivity (Wildman–Crippen MR) is 121 cm³/mol. The molecule has 0 saturated heterocycles. The van der Waals surface area contributed by atoms with Crippen LogP contribution in [0.5, 0.6) is 0 Å². The van der Waals surface area contributed by atoms with Crippen LogP contribution in [0, 0.1) is 0 Å². The van der Waals surface area contributed by atoms with Crippen LogP contribution >= 0.6 is 0 Å². The van der Waals surface area contributed by atoms with Crippen LogP contribution in [-0.2, 0) is 12.3 Å². The Kier molecular flexibility index (Phi) is 12.6. The molecular weight excluding hydrogens is 377 g/mol. The highest BCUT2D eigenvalue weighted by Gasteiger charge is 2.45. The van der Waals surface area contributed by atoms with Gasteiger partial charge in [0, 0.05) is 0 Å². The van der Waals surface area contributed by atoms with Crippen LogP contribution in [0.1, 0.15) is 62.3 Å². The van der Waals surface area contributed by atoms with Crippen molar-refractivity contribution < 1.29 is 12.3 Å². The number of rotatable bonds is 15. The quantitative estimate of drug-likeness (QED) is 0.265. The SMILES string of the molecule is CC[Si](CC)(CC)O[Si](O[Si](CC)(CC)CC)O[Si](CC)(CC)CC. The van der Waals surface area contributed by atoms with E-state index in [0.29, 0.717) is 0 Å². The van der Waals surface area contributed by atoms with Gasteiger partial charge in [-0.25, -0.2) is 0 Å². The van der Waals surface area contributed by atoms with Gasteiger partial charge in [-0.05, 0) is 54.4 Å². The first-order chi connectivity index (χ1) is 11.8. The summed E-state index contributed by atoms with van der Waals surface area (Å²) in [6.07, 6.45) is 0. The van der Waals surface area contributed by atoms with E-state index in [-0.39, 0.29) is 0 Å². The minimum Gasteiger partial charge on any atom is -0.414 e. The van der Waals surface area contributed by atoms with Crippen LogP contribution in [0.15, 0.2) is 0 Å². The van der Waals surface area contributed by atoms with Gasteiger partial charge in [-0.2, -0.15) is 0 Å². The molecule has 0 aromatic rings. The highest BCUT2D eigenvalue weighted by atomic mass is 28.5. The van der Waals surface area contributed by atoms with Gasteiger partial charge in [-0.1, -0.05) is 62.3 Å². The largest absolute Gasteiger partial charge is 0.544 e. The van der Waals surface area contributed by atoms with Gasteiger partial charge in [0.15, 0.2) is 25.0 Å². The Labute approximate surface area is 163 Å². The van der Waals surface area contributed by atoms with E-state index in [9.17, 15) is 0 Å². The van der Waals surface area contributed by atoms with Crippen molar-refractivity contribution in [1.29, 1.82) is 0 Å². The average Bonchev–Trinajstić information content (AvgIpc) is 2.68. The second kappa shape index (κ2) is 12.3. The highest BCUT2D eigenvalue weighted by molar-refractivity contribution is 6.86. The maximum atomic E-state index is 6.87. The highest BCUT2D eigenvalue weighted by Crippen LogP contribution is 2.31. The lowest BCUT2D eigenvalue weighted by atomic mass is 10.9. The zero-order valence-electron chi connectivity index (χ0n) is 18.6. The van der Waals surface area contributed by atoms with Crippen LogP contribution < -0.4 is 0 Å². The van der Waals surface area contributed by atoms with Crippen LogP contribution in [0.25, 0.3) is 0 Å². The van der Waals surface area contributed by atoms with Crippen molar-refractivity contribution in [3.8, 4) is 0 Å². The van der Waals surface area contributed by atoms with Gasteiger partial charge in [-0.15, -0.1) is 0 Å². The number of hydrogen-bond donors (Lipinski definition) is 0. The molecule has 0 bridgehead atoms. The third kappa shape index (κ3) is 7.01. The van der Waals surface area contributed by atoms with Gasteiger partial charge >= 0.3 is 9.53 Å². The first-order valence-corrected chi connectivity index (χ1v) is 19.6. The molecule has 0 aliphatic heterocycles. The summed E-state index contributed by atoms with van der Waals surface area (Å²) in [5.41, 5.74) is 0. The Bertz CT molecular complexity index is 266. The molecular formula is C18H45O3Si4. The van der Waals surface area contributed by atoms with E-state index in [1.165, 1.54) is 54.4 Å². The second-order valence-corrected chi connectivity index (χ2v) is 23.7. The normalized spacial score (nSPS) is 13.7. The lowest BCUT2D eigenvalue weighted by molar-refractivity contribution is 0.285. The van der Waals surface area contributed by atoms with E-state index in [0.717, 1.165) is 0 Å². The predicted octanol–water partition coefficient (Wildman–Crippen LogP) is 7.04. The Morgan fingerprint density at radius 3 is 0.680 bits per heavy atom. The molecule has 0 aliphatic carbocycles. The third-order valence-corrected chi connectivity index (χ3v) is 25.5. The van der Waals surface area contributed by atoms with Gasteiger partial charge in [0.05, 0.1) is 0 Å². The maximum absolute atomic E-state index is 6.87. The Morgan fingerprint density at radius 2 is 0.560 bits per heavy atom. The van der Waals surface area contributed by atoms with E-state index in [1.807, 2.05) is 0 Å². The van der Waals surface area contributed by atoms with Crippen LogP contribution in [0.4, 0.5) is 0 Å². The lowest BCUT2D eigenvalue weighted by Gasteiger charge is -2.40. The fourth-order valence-corrected chi connectivity index (χ4v) is 19.1. The van der Waals surface area contributed by atoms with Crippen LogP contribution in [0.3, 0.4) is 0 Å².